The summed E-state index contributed by atoms with van der Waals surface area (Å²) in [6.45, 7) is 3.65. The summed E-state index contributed by atoms with van der Waals surface area (Å²) in [5.41, 5.74) is 4.48. The van der Waals surface area contributed by atoms with E-state index in [0.29, 0.717) is 21.9 Å². The van der Waals surface area contributed by atoms with Gasteiger partial charge in [-0.15, -0.1) is 0 Å². The molecule has 0 saturated carbocycles. The molecule has 53 heavy (non-hydrogen) atoms. The fourth-order valence-electron chi connectivity index (χ4n) is 6.27. The Morgan fingerprint density at radius 3 is 1.43 bits per heavy atom. The molecule has 0 aliphatic rings. The van der Waals surface area contributed by atoms with Crippen LogP contribution in [0.15, 0.2) is 131 Å². The van der Waals surface area contributed by atoms with E-state index in [4.69, 9.17) is 0 Å². The maximum absolute atomic E-state index is 13.5. The highest BCUT2D eigenvalue weighted by Gasteiger charge is 2.34. The van der Waals surface area contributed by atoms with Gasteiger partial charge in [0.1, 0.15) is 0 Å². The van der Waals surface area contributed by atoms with Crippen LogP contribution in [-0.2, 0) is 22.2 Å². The quantitative estimate of drug-likeness (QED) is 0.166. The van der Waals surface area contributed by atoms with Crippen molar-refractivity contribution < 1.29 is 34.8 Å². The number of para-hydroxylation sites is 2. The molecule has 0 fully saturated rings. The van der Waals surface area contributed by atoms with Gasteiger partial charge in [-0.1, -0.05) is 82.7 Å². The Morgan fingerprint density at radius 2 is 0.962 bits per heavy atom. The van der Waals surface area contributed by atoms with Crippen LogP contribution in [0.5, 0.6) is 0 Å². The predicted molar refractivity (Wildman–Crippen MR) is 200 cm³/mol. The molecule has 0 amide bonds. The van der Waals surface area contributed by atoms with E-state index in [2.05, 4.69) is 25.9 Å². The molecule has 0 bridgehead atoms. The molecule has 7 aromatic rings. The van der Waals surface area contributed by atoms with Crippen LogP contribution in [0.3, 0.4) is 0 Å². The standard InChI is InChI=1S/C24H18F3NO2S.C17H11BrF3N/c1-15-14-28-23-20(10-5-11-21(23)24(25,26)27)22(15)18-8-3-6-16(12-18)17-7-4-9-19(13-17)31(2,29)30;1-10-9-22-16-13(6-3-7-14(16)17(19,20)21)15(10)11-4-2-5-12(18)8-11/h3-14H,1-2H3;2-9H,1H3. The van der Waals surface area contributed by atoms with Crippen LogP contribution in [-0.4, -0.2) is 24.6 Å². The molecule has 2 aromatic heterocycles. The van der Waals surface area contributed by atoms with Crippen molar-refractivity contribution in [2.24, 2.45) is 0 Å². The topological polar surface area (TPSA) is 59.9 Å². The van der Waals surface area contributed by atoms with E-state index >= 15 is 0 Å². The Morgan fingerprint density at radius 1 is 0.547 bits per heavy atom. The first kappa shape index (κ1) is 37.7. The Labute approximate surface area is 310 Å². The minimum atomic E-state index is -4.51. The molecule has 270 valence electrons. The van der Waals surface area contributed by atoms with E-state index in [0.717, 1.165) is 56.2 Å². The normalized spacial score (nSPS) is 12.1. The molecular formula is C41H29BrF6N2O2S. The number of aromatic nitrogens is 2. The second-order valence-corrected chi connectivity index (χ2v) is 15.4. The highest BCUT2D eigenvalue weighted by molar-refractivity contribution is 9.10. The number of halogens is 7. The van der Waals surface area contributed by atoms with Crippen LogP contribution in [0.2, 0.25) is 0 Å². The number of hydrogen-bond acceptors (Lipinski definition) is 4. The number of rotatable bonds is 4. The van der Waals surface area contributed by atoms with E-state index in [1.54, 1.807) is 43.3 Å². The maximum Gasteiger partial charge on any atom is 0.418 e. The zero-order chi connectivity index (χ0) is 38.3. The summed E-state index contributed by atoms with van der Waals surface area (Å²) in [5.74, 6) is 0. The molecule has 0 aliphatic carbocycles. The highest BCUT2D eigenvalue weighted by Crippen LogP contribution is 2.40. The fraction of sp³-hybridized carbons (Fsp3) is 0.122. The smallest absolute Gasteiger partial charge is 0.255 e. The Balaban J connectivity index is 0.000000192. The fourth-order valence-corrected chi connectivity index (χ4v) is 7.34. The number of sulfone groups is 1. The van der Waals surface area contributed by atoms with Crippen LogP contribution >= 0.6 is 15.9 Å². The summed E-state index contributed by atoms with van der Waals surface area (Å²) in [6, 6.07) is 29.6. The molecule has 5 aromatic carbocycles. The van der Waals surface area contributed by atoms with Crippen molar-refractivity contribution in [3.63, 3.8) is 0 Å². The van der Waals surface area contributed by atoms with Gasteiger partial charge < -0.3 is 0 Å². The van der Waals surface area contributed by atoms with Gasteiger partial charge in [0.05, 0.1) is 27.1 Å². The van der Waals surface area contributed by atoms with E-state index in [-0.39, 0.29) is 15.9 Å². The molecule has 0 unspecified atom stereocenters. The van der Waals surface area contributed by atoms with Crippen molar-refractivity contribution >= 4 is 47.6 Å². The SMILES string of the molecule is Cc1cnc2c(C(F)(F)F)cccc2c1-c1cccc(-c2cccc(S(C)(=O)=O)c2)c1.Cc1cnc2c(C(F)(F)F)cccc2c1-c1cccc(Br)c1. The van der Waals surface area contributed by atoms with E-state index in [1.165, 1.54) is 30.6 Å². The van der Waals surface area contributed by atoms with Crippen molar-refractivity contribution in [2.75, 3.05) is 6.26 Å². The summed E-state index contributed by atoms with van der Waals surface area (Å²) in [6.07, 6.45) is -4.84. The molecule has 2 heterocycles. The lowest BCUT2D eigenvalue weighted by molar-refractivity contribution is -0.137. The molecule has 0 N–H and O–H groups in total. The van der Waals surface area contributed by atoms with Crippen LogP contribution in [0.25, 0.3) is 55.2 Å². The summed E-state index contributed by atoms with van der Waals surface area (Å²) in [4.78, 5) is 8.29. The first-order chi connectivity index (χ1) is 24.9. The van der Waals surface area contributed by atoms with E-state index in [1.807, 2.05) is 49.4 Å². The van der Waals surface area contributed by atoms with E-state index < -0.39 is 33.3 Å². The summed E-state index contributed by atoms with van der Waals surface area (Å²) in [7, 11) is -3.36. The van der Waals surface area contributed by atoms with Gasteiger partial charge in [0.2, 0.25) is 0 Å². The molecule has 0 saturated heterocycles. The van der Waals surface area contributed by atoms with Gasteiger partial charge in [0.15, 0.2) is 9.84 Å². The largest absolute Gasteiger partial charge is 0.418 e. The first-order valence-electron chi connectivity index (χ1n) is 16.0. The van der Waals surface area contributed by atoms with E-state index in [9.17, 15) is 34.8 Å². The lowest BCUT2D eigenvalue weighted by Gasteiger charge is -2.15. The molecule has 0 spiro atoms. The Bertz CT molecular complexity index is 2620. The lowest BCUT2D eigenvalue weighted by Crippen LogP contribution is -2.07. The average molecular weight is 808 g/mol. The monoisotopic (exact) mass is 806 g/mol. The van der Waals surface area contributed by atoms with Gasteiger partial charge in [0.25, 0.3) is 0 Å². The molecule has 0 radical (unpaired) electrons. The second kappa shape index (κ2) is 14.4. The van der Waals surface area contributed by atoms with Gasteiger partial charge in [-0.25, -0.2) is 8.42 Å². The number of hydrogen-bond donors (Lipinski definition) is 0. The molecule has 7 rings (SSSR count). The van der Waals surface area contributed by atoms with Crippen molar-refractivity contribution in [1.29, 1.82) is 0 Å². The molecule has 0 aliphatic heterocycles. The number of aryl methyl sites for hydroxylation is 2. The maximum atomic E-state index is 13.5. The van der Waals surface area contributed by atoms with Gasteiger partial charge in [0, 0.05) is 33.9 Å². The Kier molecular flexibility index (Phi) is 10.2. The lowest BCUT2D eigenvalue weighted by atomic mass is 9.93. The zero-order valence-corrected chi connectivity index (χ0v) is 30.7. The van der Waals surface area contributed by atoms with Crippen LogP contribution in [0, 0.1) is 13.8 Å². The number of alkyl halides is 6. The number of fused-ring (bicyclic) bond motifs is 2. The molecule has 4 nitrogen and oxygen atoms in total. The second-order valence-electron chi connectivity index (χ2n) is 12.4. The van der Waals surface area contributed by atoms with Crippen LogP contribution in [0.4, 0.5) is 26.3 Å². The predicted octanol–water partition coefficient (Wildman–Crippen LogP) is 12.3. The van der Waals surface area contributed by atoms with Crippen molar-refractivity contribution in [1.82, 2.24) is 9.97 Å². The minimum absolute atomic E-state index is 0.0180. The third kappa shape index (κ3) is 7.98. The van der Waals surface area contributed by atoms with Gasteiger partial charge in [-0.2, -0.15) is 26.3 Å². The average Bonchev–Trinajstić information content (AvgIpc) is 3.10. The van der Waals surface area contributed by atoms with Crippen molar-refractivity contribution in [3.05, 3.63) is 148 Å². The number of benzene rings is 5. The summed E-state index contributed by atoms with van der Waals surface area (Å²) in [5, 5.41) is 0.921. The summed E-state index contributed by atoms with van der Waals surface area (Å²) >= 11 is 3.40. The molecule has 0 atom stereocenters. The van der Waals surface area contributed by atoms with Crippen LogP contribution < -0.4 is 0 Å². The highest BCUT2D eigenvalue weighted by atomic mass is 79.9. The minimum Gasteiger partial charge on any atom is -0.255 e. The third-order valence-electron chi connectivity index (χ3n) is 8.64. The molecular weight excluding hydrogens is 778 g/mol. The number of pyridine rings is 2. The third-order valence-corrected chi connectivity index (χ3v) is 10.2. The van der Waals surface area contributed by atoms with Crippen molar-refractivity contribution in [2.45, 2.75) is 31.1 Å². The van der Waals surface area contributed by atoms with Gasteiger partial charge >= 0.3 is 12.4 Å². The van der Waals surface area contributed by atoms with Gasteiger partial charge in [-0.05, 0) is 101 Å². The molecule has 12 heteroatoms. The van der Waals surface area contributed by atoms with Crippen LogP contribution in [0.1, 0.15) is 22.3 Å². The number of nitrogens with zero attached hydrogens (tertiary/aromatic N) is 2. The zero-order valence-electron chi connectivity index (χ0n) is 28.3. The van der Waals surface area contributed by atoms with Gasteiger partial charge in [-0.3, -0.25) is 9.97 Å². The Hall–Kier alpha value is -5.07. The first-order valence-corrected chi connectivity index (χ1v) is 18.7. The van der Waals surface area contributed by atoms with Crippen molar-refractivity contribution in [3.8, 4) is 33.4 Å². The summed E-state index contributed by atoms with van der Waals surface area (Å²) < 4.78 is 105.